The highest BCUT2D eigenvalue weighted by molar-refractivity contribution is 6.33. The number of ether oxygens (including phenoxy) is 1. The van der Waals surface area contributed by atoms with Gasteiger partial charge in [0.1, 0.15) is 0 Å². The number of anilines is 2. The summed E-state index contributed by atoms with van der Waals surface area (Å²) in [5.74, 6) is 0.564. The molecular formula is C15H22ClN3O2. The zero-order chi connectivity index (χ0) is 15.2. The summed E-state index contributed by atoms with van der Waals surface area (Å²) in [6.07, 6.45) is 2.14. The van der Waals surface area contributed by atoms with E-state index in [1.54, 1.807) is 18.2 Å². The van der Waals surface area contributed by atoms with Crippen LogP contribution in [0.2, 0.25) is 5.02 Å². The zero-order valence-corrected chi connectivity index (χ0v) is 13.0. The molecule has 1 aliphatic heterocycles. The van der Waals surface area contributed by atoms with Crippen molar-refractivity contribution in [1.82, 2.24) is 4.90 Å². The van der Waals surface area contributed by atoms with Gasteiger partial charge in [0, 0.05) is 25.4 Å². The number of hydrogen-bond acceptors (Lipinski definition) is 4. The molecule has 2 rings (SSSR count). The van der Waals surface area contributed by atoms with E-state index < -0.39 is 0 Å². The third-order valence-electron chi connectivity index (χ3n) is 3.60. The van der Waals surface area contributed by atoms with Gasteiger partial charge < -0.3 is 15.8 Å². The summed E-state index contributed by atoms with van der Waals surface area (Å²) >= 11 is 5.85. The van der Waals surface area contributed by atoms with Crippen LogP contribution in [0, 0.1) is 5.92 Å². The Hall–Kier alpha value is -1.30. The Morgan fingerprint density at radius 1 is 1.48 bits per heavy atom. The van der Waals surface area contributed by atoms with Crippen LogP contribution >= 0.6 is 11.6 Å². The van der Waals surface area contributed by atoms with Crippen molar-refractivity contribution in [3.8, 4) is 0 Å². The molecule has 1 aromatic rings. The molecule has 0 aliphatic carbocycles. The van der Waals surface area contributed by atoms with E-state index in [1.807, 2.05) is 11.9 Å². The first-order chi connectivity index (χ1) is 10.0. The Kier molecular flexibility index (Phi) is 5.85. The van der Waals surface area contributed by atoms with Crippen molar-refractivity contribution in [1.29, 1.82) is 0 Å². The quantitative estimate of drug-likeness (QED) is 0.818. The molecule has 1 fully saturated rings. The summed E-state index contributed by atoms with van der Waals surface area (Å²) < 4.78 is 5.34. The highest BCUT2D eigenvalue weighted by Gasteiger charge is 2.17. The summed E-state index contributed by atoms with van der Waals surface area (Å²) in [6, 6.07) is 5.09. The van der Waals surface area contributed by atoms with Crippen molar-refractivity contribution in [3.05, 3.63) is 23.2 Å². The molecule has 6 heteroatoms. The SMILES string of the molecule is CN(CC(=O)Nc1ccc(Cl)c(N)c1)CC1CCOCC1. The van der Waals surface area contributed by atoms with Crippen molar-refractivity contribution in [2.24, 2.45) is 5.92 Å². The minimum absolute atomic E-state index is 0.0497. The molecule has 116 valence electrons. The molecule has 1 aromatic carbocycles. The van der Waals surface area contributed by atoms with E-state index in [4.69, 9.17) is 22.1 Å². The molecule has 0 aromatic heterocycles. The third-order valence-corrected chi connectivity index (χ3v) is 3.95. The van der Waals surface area contributed by atoms with Crippen molar-refractivity contribution in [2.45, 2.75) is 12.8 Å². The van der Waals surface area contributed by atoms with E-state index >= 15 is 0 Å². The molecular weight excluding hydrogens is 290 g/mol. The van der Waals surface area contributed by atoms with Gasteiger partial charge in [-0.25, -0.2) is 0 Å². The van der Waals surface area contributed by atoms with Crippen LogP contribution in [-0.4, -0.2) is 44.2 Å². The van der Waals surface area contributed by atoms with E-state index in [1.165, 1.54) is 0 Å². The Bertz CT molecular complexity index is 490. The Labute approximate surface area is 130 Å². The lowest BCUT2D eigenvalue weighted by molar-refractivity contribution is -0.117. The van der Waals surface area contributed by atoms with Gasteiger partial charge in [0.25, 0.3) is 0 Å². The molecule has 0 saturated carbocycles. The summed E-state index contributed by atoms with van der Waals surface area (Å²) in [6.45, 7) is 2.93. The second-order valence-electron chi connectivity index (χ2n) is 5.54. The van der Waals surface area contributed by atoms with Gasteiger partial charge in [-0.2, -0.15) is 0 Å². The molecule has 0 bridgehead atoms. The van der Waals surface area contributed by atoms with Gasteiger partial charge in [-0.3, -0.25) is 9.69 Å². The minimum Gasteiger partial charge on any atom is -0.397 e. The summed E-state index contributed by atoms with van der Waals surface area (Å²) in [5, 5.41) is 3.32. The number of hydrogen-bond donors (Lipinski definition) is 2. The van der Waals surface area contributed by atoms with Crippen molar-refractivity contribution in [3.63, 3.8) is 0 Å². The van der Waals surface area contributed by atoms with Crippen LogP contribution in [0.3, 0.4) is 0 Å². The summed E-state index contributed by atoms with van der Waals surface area (Å²) in [5.41, 5.74) is 6.85. The Balaban J connectivity index is 1.78. The van der Waals surface area contributed by atoms with E-state index in [9.17, 15) is 4.79 Å². The molecule has 1 heterocycles. The smallest absolute Gasteiger partial charge is 0.238 e. The van der Waals surface area contributed by atoms with Gasteiger partial charge in [0.05, 0.1) is 17.3 Å². The average molecular weight is 312 g/mol. The molecule has 0 radical (unpaired) electrons. The maximum absolute atomic E-state index is 12.0. The largest absolute Gasteiger partial charge is 0.397 e. The minimum atomic E-state index is -0.0497. The van der Waals surface area contributed by atoms with Crippen LogP contribution in [0.4, 0.5) is 11.4 Å². The number of carbonyl (C=O) groups excluding carboxylic acids is 1. The lowest BCUT2D eigenvalue weighted by Gasteiger charge is -2.26. The summed E-state index contributed by atoms with van der Waals surface area (Å²) in [4.78, 5) is 14.1. The zero-order valence-electron chi connectivity index (χ0n) is 12.3. The van der Waals surface area contributed by atoms with Gasteiger partial charge in [-0.05, 0) is 44.0 Å². The topological polar surface area (TPSA) is 67.6 Å². The monoisotopic (exact) mass is 311 g/mol. The lowest BCUT2D eigenvalue weighted by atomic mass is 10.00. The van der Waals surface area contributed by atoms with Crippen LogP contribution < -0.4 is 11.1 Å². The van der Waals surface area contributed by atoms with Crippen LogP contribution in [0.1, 0.15) is 12.8 Å². The van der Waals surface area contributed by atoms with Gasteiger partial charge in [-0.1, -0.05) is 11.6 Å². The standard InChI is InChI=1S/C15H22ClN3O2/c1-19(9-11-4-6-21-7-5-11)10-15(20)18-12-2-3-13(16)14(17)8-12/h2-3,8,11H,4-7,9-10,17H2,1H3,(H,18,20). The first kappa shape index (κ1) is 16.1. The fourth-order valence-electron chi connectivity index (χ4n) is 2.50. The number of amides is 1. The maximum Gasteiger partial charge on any atom is 0.238 e. The molecule has 0 atom stereocenters. The molecule has 1 saturated heterocycles. The second kappa shape index (κ2) is 7.64. The average Bonchev–Trinajstić information content (AvgIpc) is 2.43. The molecule has 1 amide bonds. The van der Waals surface area contributed by atoms with E-state index in [0.29, 0.717) is 28.9 Å². The Morgan fingerprint density at radius 3 is 2.86 bits per heavy atom. The number of nitrogens with one attached hydrogen (secondary N) is 1. The highest BCUT2D eigenvalue weighted by atomic mass is 35.5. The van der Waals surface area contributed by atoms with Crippen molar-refractivity contribution in [2.75, 3.05) is 44.4 Å². The lowest BCUT2D eigenvalue weighted by Crippen LogP contribution is -2.35. The van der Waals surface area contributed by atoms with Crippen molar-refractivity contribution < 1.29 is 9.53 Å². The highest BCUT2D eigenvalue weighted by Crippen LogP contribution is 2.22. The fourth-order valence-corrected chi connectivity index (χ4v) is 2.62. The molecule has 21 heavy (non-hydrogen) atoms. The van der Waals surface area contributed by atoms with Gasteiger partial charge >= 0.3 is 0 Å². The molecule has 0 unspecified atom stereocenters. The first-order valence-electron chi connectivity index (χ1n) is 7.16. The van der Waals surface area contributed by atoms with Gasteiger partial charge in [-0.15, -0.1) is 0 Å². The number of benzene rings is 1. The van der Waals surface area contributed by atoms with Gasteiger partial charge in [0.2, 0.25) is 5.91 Å². The molecule has 5 nitrogen and oxygen atoms in total. The normalized spacial score (nSPS) is 16.1. The molecule has 0 spiro atoms. The predicted octanol–water partition coefficient (Wildman–Crippen LogP) is 2.22. The van der Waals surface area contributed by atoms with Crippen LogP contribution in [-0.2, 0) is 9.53 Å². The fraction of sp³-hybridized carbons (Fsp3) is 0.533. The number of rotatable bonds is 5. The number of nitrogen functional groups attached to an aromatic ring is 1. The Morgan fingerprint density at radius 2 is 2.19 bits per heavy atom. The van der Waals surface area contributed by atoms with Crippen LogP contribution in [0.15, 0.2) is 18.2 Å². The maximum atomic E-state index is 12.0. The second-order valence-corrected chi connectivity index (χ2v) is 5.94. The number of nitrogens with two attached hydrogens (primary N) is 1. The number of halogens is 1. The third kappa shape index (κ3) is 5.19. The molecule has 3 N–H and O–H groups in total. The number of carbonyl (C=O) groups is 1. The van der Waals surface area contributed by atoms with E-state index in [2.05, 4.69) is 5.32 Å². The summed E-state index contributed by atoms with van der Waals surface area (Å²) in [7, 11) is 1.96. The number of likely N-dealkylation sites (N-methyl/N-ethyl adjacent to an activating group) is 1. The van der Waals surface area contributed by atoms with Crippen LogP contribution in [0.25, 0.3) is 0 Å². The van der Waals surface area contributed by atoms with Crippen molar-refractivity contribution >= 4 is 28.9 Å². The van der Waals surface area contributed by atoms with Crippen LogP contribution in [0.5, 0.6) is 0 Å². The van der Waals surface area contributed by atoms with Gasteiger partial charge in [0.15, 0.2) is 0 Å². The van der Waals surface area contributed by atoms with E-state index in [0.717, 1.165) is 32.6 Å². The predicted molar refractivity (Wildman–Crippen MR) is 85.5 cm³/mol. The van der Waals surface area contributed by atoms with E-state index in [-0.39, 0.29) is 5.91 Å². The number of nitrogens with zero attached hydrogens (tertiary/aromatic N) is 1. The molecule has 1 aliphatic rings. The first-order valence-corrected chi connectivity index (χ1v) is 7.53.